The number of aromatic hydroxyl groups is 1. The van der Waals surface area contributed by atoms with Crippen molar-refractivity contribution < 1.29 is 19.6 Å². The molecule has 0 saturated carbocycles. The molecule has 1 amide bonds. The molecule has 0 spiro atoms. The number of rotatable bonds is 6. The summed E-state index contributed by atoms with van der Waals surface area (Å²) in [6.45, 7) is 2.38. The van der Waals surface area contributed by atoms with Crippen molar-refractivity contribution in [2.45, 2.75) is 6.92 Å². The number of ether oxygens (including phenoxy) is 1. The van der Waals surface area contributed by atoms with Crippen LogP contribution in [0.4, 0.5) is 5.69 Å². The van der Waals surface area contributed by atoms with Gasteiger partial charge in [0.2, 0.25) is 0 Å². The van der Waals surface area contributed by atoms with E-state index in [1.165, 1.54) is 6.07 Å². The first-order valence-electron chi connectivity index (χ1n) is 7.15. The van der Waals surface area contributed by atoms with E-state index in [-0.39, 0.29) is 21.5 Å². The van der Waals surface area contributed by atoms with Gasteiger partial charge in [-0.2, -0.15) is 5.10 Å². The molecule has 8 nitrogen and oxygen atoms in total. The number of phenolic OH excluding ortho intramolecular Hbond substituents is 1. The third kappa shape index (κ3) is 4.77. The van der Waals surface area contributed by atoms with Gasteiger partial charge in [-0.1, -0.05) is 0 Å². The number of benzene rings is 2. The summed E-state index contributed by atoms with van der Waals surface area (Å²) in [5, 5.41) is 24.4. The number of nitrogens with one attached hydrogen (secondary N) is 1. The van der Waals surface area contributed by atoms with Crippen LogP contribution >= 0.6 is 15.9 Å². The zero-order valence-electron chi connectivity index (χ0n) is 13.1. The number of hydrogen-bond donors (Lipinski definition) is 2. The SMILES string of the molecule is CCOc1ccc(C(=O)N/N=C/c2cc([N+](=O)[O-])cc(Br)c2O)cc1. The molecule has 0 aliphatic heterocycles. The fourth-order valence-corrected chi connectivity index (χ4v) is 2.37. The molecule has 0 unspecified atom stereocenters. The summed E-state index contributed by atoms with van der Waals surface area (Å²) in [6, 6.07) is 8.80. The van der Waals surface area contributed by atoms with Crippen molar-refractivity contribution in [3.05, 3.63) is 62.1 Å². The number of carbonyl (C=O) groups is 1. The maximum absolute atomic E-state index is 12.0. The van der Waals surface area contributed by atoms with E-state index < -0.39 is 10.8 Å². The number of nitro benzene ring substituents is 1. The van der Waals surface area contributed by atoms with Gasteiger partial charge in [0.15, 0.2) is 0 Å². The van der Waals surface area contributed by atoms with Gasteiger partial charge in [-0.25, -0.2) is 5.43 Å². The zero-order valence-corrected chi connectivity index (χ0v) is 14.7. The van der Waals surface area contributed by atoms with Crippen molar-refractivity contribution >= 4 is 33.7 Å². The molecule has 2 N–H and O–H groups in total. The zero-order chi connectivity index (χ0) is 18.4. The molecule has 25 heavy (non-hydrogen) atoms. The fourth-order valence-electron chi connectivity index (χ4n) is 1.90. The van der Waals surface area contributed by atoms with Gasteiger partial charge in [-0.3, -0.25) is 14.9 Å². The van der Waals surface area contributed by atoms with Crippen molar-refractivity contribution in [1.29, 1.82) is 0 Å². The molecule has 0 saturated heterocycles. The predicted octanol–water partition coefficient (Wildman–Crippen LogP) is 3.23. The Balaban J connectivity index is 2.10. The maximum Gasteiger partial charge on any atom is 0.271 e. The number of phenols is 1. The average molecular weight is 408 g/mol. The van der Waals surface area contributed by atoms with E-state index in [2.05, 4.69) is 26.5 Å². The molecule has 0 bridgehead atoms. The van der Waals surface area contributed by atoms with Crippen molar-refractivity contribution in [2.24, 2.45) is 5.10 Å². The minimum atomic E-state index is -0.597. The summed E-state index contributed by atoms with van der Waals surface area (Å²) < 4.78 is 5.44. The van der Waals surface area contributed by atoms with Gasteiger partial charge in [0, 0.05) is 23.3 Å². The van der Waals surface area contributed by atoms with Crippen LogP contribution in [0.3, 0.4) is 0 Å². The largest absolute Gasteiger partial charge is 0.506 e. The molecule has 0 atom stereocenters. The van der Waals surface area contributed by atoms with E-state index in [0.29, 0.717) is 17.9 Å². The number of halogens is 1. The Morgan fingerprint density at radius 3 is 2.68 bits per heavy atom. The van der Waals surface area contributed by atoms with Crippen LogP contribution in [0.25, 0.3) is 0 Å². The van der Waals surface area contributed by atoms with Crippen LogP contribution in [0, 0.1) is 10.1 Å². The fraction of sp³-hybridized carbons (Fsp3) is 0.125. The van der Waals surface area contributed by atoms with Gasteiger partial charge in [-0.05, 0) is 47.1 Å². The number of non-ortho nitro benzene ring substituents is 1. The van der Waals surface area contributed by atoms with E-state index in [4.69, 9.17) is 4.74 Å². The van der Waals surface area contributed by atoms with Gasteiger partial charge in [0.05, 0.1) is 22.2 Å². The summed E-state index contributed by atoms with van der Waals surface area (Å²) >= 11 is 3.03. The van der Waals surface area contributed by atoms with E-state index in [1.807, 2.05) is 6.92 Å². The lowest BCUT2D eigenvalue weighted by Crippen LogP contribution is -2.17. The molecule has 0 aliphatic carbocycles. The van der Waals surface area contributed by atoms with Crippen LogP contribution < -0.4 is 10.2 Å². The highest BCUT2D eigenvalue weighted by atomic mass is 79.9. The Kier molecular flexibility index (Phi) is 6.07. The Morgan fingerprint density at radius 2 is 2.08 bits per heavy atom. The van der Waals surface area contributed by atoms with Crippen LogP contribution in [0.2, 0.25) is 0 Å². The molecule has 2 aromatic rings. The Morgan fingerprint density at radius 1 is 1.40 bits per heavy atom. The second kappa shape index (κ2) is 8.25. The third-order valence-corrected chi connectivity index (χ3v) is 3.69. The number of carbonyl (C=O) groups excluding carboxylic acids is 1. The maximum atomic E-state index is 12.0. The predicted molar refractivity (Wildman–Crippen MR) is 95.1 cm³/mol. The minimum Gasteiger partial charge on any atom is -0.506 e. The summed E-state index contributed by atoms with van der Waals surface area (Å²) in [6.07, 6.45) is 1.12. The summed E-state index contributed by atoms with van der Waals surface area (Å²) in [5.41, 5.74) is 2.53. The van der Waals surface area contributed by atoms with Gasteiger partial charge in [-0.15, -0.1) is 0 Å². The van der Waals surface area contributed by atoms with E-state index in [0.717, 1.165) is 12.3 Å². The monoisotopic (exact) mass is 407 g/mol. The van der Waals surface area contributed by atoms with Crippen LogP contribution in [-0.4, -0.2) is 28.8 Å². The van der Waals surface area contributed by atoms with Crippen molar-refractivity contribution in [2.75, 3.05) is 6.61 Å². The average Bonchev–Trinajstić information content (AvgIpc) is 2.59. The first-order valence-corrected chi connectivity index (χ1v) is 7.94. The van der Waals surface area contributed by atoms with Gasteiger partial charge >= 0.3 is 0 Å². The molecule has 2 rings (SSSR count). The lowest BCUT2D eigenvalue weighted by Gasteiger charge is -2.04. The van der Waals surface area contributed by atoms with Crippen molar-refractivity contribution in [3.63, 3.8) is 0 Å². The molecule has 130 valence electrons. The van der Waals surface area contributed by atoms with Gasteiger partial charge < -0.3 is 9.84 Å². The second-order valence-electron chi connectivity index (χ2n) is 4.78. The molecule has 0 heterocycles. The van der Waals surface area contributed by atoms with Crippen LogP contribution in [0.5, 0.6) is 11.5 Å². The summed E-state index contributed by atoms with van der Waals surface area (Å²) in [5.74, 6) is -0.0399. The van der Waals surface area contributed by atoms with E-state index in [1.54, 1.807) is 24.3 Å². The topological polar surface area (TPSA) is 114 Å². The molecule has 9 heteroatoms. The normalized spacial score (nSPS) is 10.6. The third-order valence-electron chi connectivity index (χ3n) is 3.09. The second-order valence-corrected chi connectivity index (χ2v) is 5.63. The van der Waals surface area contributed by atoms with Gasteiger partial charge in [0.1, 0.15) is 11.5 Å². The standard InChI is InChI=1S/C16H14BrN3O5/c1-2-25-13-5-3-10(4-6-13)16(22)19-18-9-11-7-12(20(23)24)8-14(17)15(11)21/h3-9,21H,2H2,1H3,(H,19,22)/b18-9+. The molecule has 0 radical (unpaired) electrons. The number of hydrogen-bond acceptors (Lipinski definition) is 6. The van der Waals surface area contributed by atoms with Crippen LogP contribution in [0.1, 0.15) is 22.8 Å². The highest BCUT2D eigenvalue weighted by Crippen LogP contribution is 2.31. The number of nitrogens with zero attached hydrogens (tertiary/aromatic N) is 2. The highest BCUT2D eigenvalue weighted by molar-refractivity contribution is 9.10. The first-order chi connectivity index (χ1) is 11.9. The molecule has 0 aliphatic rings. The summed E-state index contributed by atoms with van der Waals surface area (Å²) in [4.78, 5) is 22.2. The van der Waals surface area contributed by atoms with Crippen LogP contribution in [-0.2, 0) is 0 Å². The molecule has 0 fully saturated rings. The first kappa shape index (κ1) is 18.4. The minimum absolute atomic E-state index is 0.0908. The van der Waals surface area contributed by atoms with Crippen LogP contribution in [0.15, 0.2) is 46.0 Å². The Hall–Kier alpha value is -2.94. The van der Waals surface area contributed by atoms with E-state index in [9.17, 15) is 20.0 Å². The quantitative estimate of drug-likeness (QED) is 0.433. The molecular formula is C16H14BrN3O5. The van der Waals surface area contributed by atoms with Crippen molar-refractivity contribution in [1.82, 2.24) is 5.43 Å². The number of hydrazone groups is 1. The molecule has 2 aromatic carbocycles. The summed E-state index contributed by atoms with van der Waals surface area (Å²) in [7, 11) is 0. The molecular weight excluding hydrogens is 394 g/mol. The van der Waals surface area contributed by atoms with Gasteiger partial charge in [0.25, 0.3) is 11.6 Å². The van der Waals surface area contributed by atoms with E-state index >= 15 is 0 Å². The Bertz CT molecular complexity index is 821. The number of amides is 1. The Labute approximate surface area is 151 Å². The smallest absolute Gasteiger partial charge is 0.271 e. The van der Waals surface area contributed by atoms with Crippen molar-refractivity contribution in [3.8, 4) is 11.5 Å². The molecule has 0 aromatic heterocycles. The lowest BCUT2D eigenvalue weighted by atomic mass is 10.2. The highest BCUT2D eigenvalue weighted by Gasteiger charge is 2.13. The lowest BCUT2D eigenvalue weighted by molar-refractivity contribution is -0.385. The number of nitro groups is 1.